The molecule has 1 unspecified atom stereocenters. The quantitative estimate of drug-likeness (QED) is 0.739. The highest BCUT2D eigenvalue weighted by molar-refractivity contribution is 6.03. The number of anilines is 1. The highest BCUT2D eigenvalue weighted by Crippen LogP contribution is 2.39. The smallest absolute Gasteiger partial charge is 0.232 e. The average molecular weight is 345 g/mol. The van der Waals surface area contributed by atoms with Crippen LogP contribution in [0.1, 0.15) is 17.0 Å². The van der Waals surface area contributed by atoms with Crippen molar-refractivity contribution in [2.75, 3.05) is 12.4 Å². The molecule has 1 aliphatic rings. The molecule has 3 aromatic rings. The number of hydrogen-bond donors (Lipinski definition) is 2. The number of aromatic hydroxyl groups is 1. The summed E-state index contributed by atoms with van der Waals surface area (Å²) in [5, 5.41) is 13.2. The number of phenolic OH excluding ortho intramolecular Hbond substituents is 1. The first kappa shape index (κ1) is 16.2. The molecule has 0 saturated heterocycles. The number of carbonyl (C=O) groups is 1. The van der Waals surface area contributed by atoms with Crippen LogP contribution in [-0.2, 0) is 11.2 Å². The first-order valence-corrected chi connectivity index (χ1v) is 8.52. The number of fused-ring (bicyclic) bond motifs is 1. The molecule has 2 N–H and O–H groups in total. The van der Waals surface area contributed by atoms with Gasteiger partial charge in [-0.15, -0.1) is 0 Å². The first-order valence-electron chi connectivity index (χ1n) is 8.52. The van der Waals surface area contributed by atoms with Gasteiger partial charge in [0.25, 0.3) is 0 Å². The van der Waals surface area contributed by atoms with Crippen LogP contribution in [0.3, 0.4) is 0 Å². The normalized spacial score (nSPS) is 15.4. The summed E-state index contributed by atoms with van der Waals surface area (Å²) in [6, 6.07) is 21.3. The third-order valence-electron chi connectivity index (χ3n) is 4.83. The minimum absolute atomic E-state index is 0.0413. The molecule has 0 saturated carbocycles. The fourth-order valence-electron chi connectivity index (χ4n) is 3.41. The van der Waals surface area contributed by atoms with Crippen molar-refractivity contribution in [3.63, 3.8) is 0 Å². The van der Waals surface area contributed by atoms with Crippen LogP contribution in [0.15, 0.2) is 66.7 Å². The van der Waals surface area contributed by atoms with E-state index in [0.29, 0.717) is 12.2 Å². The molecular weight excluding hydrogens is 326 g/mol. The second-order valence-corrected chi connectivity index (χ2v) is 6.41. The molecule has 0 aromatic heterocycles. The first-order chi connectivity index (χ1) is 12.7. The molecule has 4 rings (SSSR count). The number of hydrogen-bond acceptors (Lipinski definition) is 3. The minimum Gasteiger partial charge on any atom is -0.508 e. The molecule has 1 aliphatic heterocycles. The number of rotatable bonds is 4. The van der Waals surface area contributed by atoms with Gasteiger partial charge in [-0.1, -0.05) is 48.5 Å². The summed E-state index contributed by atoms with van der Waals surface area (Å²) >= 11 is 0. The number of benzene rings is 3. The zero-order valence-corrected chi connectivity index (χ0v) is 14.4. The highest BCUT2D eigenvalue weighted by atomic mass is 16.5. The number of amides is 1. The van der Waals surface area contributed by atoms with E-state index in [1.807, 2.05) is 48.5 Å². The summed E-state index contributed by atoms with van der Waals surface area (Å²) < 4.78 is 5.11. The van der Waals surface area contributed by atoms with Crippen molar-refractivity contribution >= 4 is 11.6 Å². The van der Waals surface area contributed by atoms with Crippen molar-refractivity contribution in [1.82, 2.24) is 0 Å². The topological polar surface area (TPSA) is 58.6 Å². The summed E-state index contributed by atoms with van der Waals surface area (Å²) in [5.74, 6) is 0.385. The molecule has 4 heteroatoms. The van der Waals surface area contributed by atoms with Crippen molar-refractivity contribution in [2.24, 2.45) is 0 Å². The van der Waals surface area contributed by atoms with Gasteiger partial charge in [0.1, 0.15) is 11.5 Å². The number of ether oxygens (including phenoxy) is 1. The molecule has 0 spiro atoms. The second kappa shape index (κ2) is 6.56. The fourth-order valence-corrected chi connectivity index (χ4v) is 3.41. The Labute approximate surface area is 152 Å². The number of nitrogens with one attached hydrogen (secondary N) is 1. The van der Waals surface area contributed by atoms with E-state index in [2.05, 4.69) is 5.32 Å². The molecular formula is C22H19NO3. The monoisotopic (exact) mass is 345 g/mol. The lowest BCUT2D eigenvalue weighted by Crippen LogP contribution is -2.14. The SMILES string of the molecule is COc1ccc(CC2C(=O)Nc3cc(-c4ccccc4)ccc32)c(O)c1. The molecule has 0 radical (unpaired) electrons. The van der Waals surface area contributed by atoms with Crippen LogP contribution in [0.5, 0.6) is 11.5 Å². The summed E-state index contributed by atoms with van der Waals surface area (Å²) in [6.07, 6.45) is 0.444. The lowest BCUT2D eigenvalue weighted by molar-refractivity contribution is -0.117. The van der Waals surface area contributed by atoms with Gasteiger partial charge in [-0.25, -0.2) is 0 Å². The average Bonchev–Trinajstić information content (AvgIpc) is 2.98. The van der Waals surface area contributed by atoms with E-state index in [-0.39, 0.29) is 17.6 Å². The summed E-state index contributed by atoms with van der Waals surface area (Å²) in [4.78, 5) is 12.5. The number of methoxy groups -OCH3 is 1. The maximum Gasteiger partial charge on any atom is 0.232 e. The van der Waals surface area contributed by atoms with Crippen LogP contribution in [0.4, 0.5) is 5.69 Å². The molecule has 130 valence electrons. The minimum atomic E-state index is -0.311. The lowest BCUT2D eigenvalue weighted by atomic mass is 9.91. The zero-order chi connectivity index (χ0) is 18.1. The number of carbonyl (C=O) groups excluding carboxylic acids is 1. The summed E-state index contributed by atoms with van der Waals surface area (Å²) in [6.45, 7) is 0. The van der Waals surface area contributed by atoms with Crippen LogP contribution in [0.25, 0.3) is 11.1 Å². The molecule has 3 aromatic carbocycles. The van der Waals surface area contributed by atoms with Crippen LogP contribution in [-0.4, -0.2) is 18.1 Å². The van der Waals surface area contributed by atoms with Crippen LogP contribution in [0.2, 0.25) is 0 Å². The van der Waals surface area contributed by atoms with Crippen molar-refractivity contribution < 1.29 is 14.6 Å². The Kier molecular flexibility index (Phi) is 4.09. The van der Waals surface area contributed by atoms with Crippen molar-refractivity contribution in [3.05, 3.63) is 77.9 Å². The predicted octanol–water partition coefficient (Wildman–Crippen LogP) is 4.35. The Bertz CT molecular complexity index is 966. The Morgan fingerprint density at radius 2 is 1.81 bits per heavy atom. The van der Waals surface area contributed by atoms with Gasteiger partial charge in [-0.05, 0) is 40.8 Å². The van der Waals surface area contributed by atoms with E-state index in [1.165, 1.54) is 0 Å². The molecule has 1 heterocycles. The Morgan fingerprint density at radius 1 is 1.00 bits per heavy atom. The molecule has 0 fully saturated rings. The van der Waals surface area contributed by atoms with Crippen molar-refractivity contribution in [3.8, 4) is 22.6 Å². The Hall–Kier alpha value is -3.27. The van der Waals surface area contributed by atoms with E-state index in [9.17, 15) is 9.90 Å². The predicted molar refractivity (Wildman–Crippen MR) is 102 cm³/mol. The summed E-state index contributed by atoms with van der Waals surface area (Å²) in [5.41, 5.74) is 4.71. The Balaban J connectivity index is 1.64. The van der Waals surface area contributed by atoms with Gasteiger partial charge in [0.2, 0.25) is 5.91 Å². The molecule has 26 heavy (non-hydrogen) atoms. The molecule has 1 amide bonds. The van der Waals surface area contributed by atoms with Crippen LogP contribution in [0, 0.1) is 0 Å². The number of phenols is 1. The maximum atomic E-state index is 12.5. The van der Waals surface area contributed by atoms with Crippen molar-refractivity contribution in [1.29, 1.82) is 0 Å². The maximum absolute atomic E-state index is 12.5. The van der Waals surface area contributed by atoms with E-state index >= 15 is 0 Å². The highest BCUT2D eigenvalue weighted by Gasteiger charge is 2.31. The second-order valence-electron chi connectivity index (χ2n) is 6.41. The van der Waals surface area contributed by atoms with E-state index < -0.39 is 0 Å². The molecule has 0 bridgehead atoms. The lowest BCUT2D eigenvalue weighted by Gasteiger charge is -2.12. The van der Waals surface area contributed by atoms with E-state index in [4.69, 9.17) is 4.74 Å². The van der Waals surface area contributed by atoms with Gasteiger partial charge in [0.05, 0.1) is 13.0 Å². The Morgan fingerprint density at radius 3 is 2.54 bits per heavy atom. The van der Waals surface area contributed by atoms with Gasteiger partial charge in [0, 0.05) is 11.8 Å². The van der Waals surface area contributed by atoms with Crippen LogP contribution >= 0.6 is 0 Å². The fraction of sp³-hybridized carbons (Fsp3) is 0.136. The van der Waals surface area contributed by atoms with Gasteiger partial charge in [0.15, 0.2) is 0 Å². The van der Waals surface area contributed by atoms with Gasteiger partial charge in [-0.3, -0.25) is 4.79 Å². The molecule has 0 aliphatic carbocycles. The van der Waals surface area contributed by atoms with Gasteiger partial charge < -0.3 is 15.2 Å². The standard InChI is InChI=1S/C22H19NO3/c1-26-17-9-7-16(21(24)13-17)11-19-18-10-8-15(12-20(18)23-22(19)25)14-5-3-2-4-6-14/h2-10,12-13,19,24H,11H2,1H3,(H,23,25). The van der Waals surface area contributed by atoms with Crippen molar-refractivity contribution in [2.45, 2.75) is 12.3 Å². The third kappa shape index (κ3) is 2.90. The van der Waals surface area contributed by atoms with Crippen LogP contribution < -0.4 is 10.1 Å². The third-order valence-corrected chi connectivity index (χ3v) is 4.83. The van der Waals surface area contributed by atoms with Gasteiger partial charge in [-0.2, -0.15) is 0 Å². The largest absolute Gasteiger partial charge is 0.508 e. The summed E-state index contributed by atoms with van der Waals surface area (Å²) in [7, 11) is 1.55. The molecule has 4 nitrogen and oxygen atoms in total. The zero-order valence-electron chi connectivity index (χ0n) is 14.4. The van der Waals surface area contributed by atoms with E-state index in [1.54, 1.807) is 25.3 Å². The van der Waals surface area contributed by atoms with E-state index in [0.717, 1.165) is 27.9 Å². The van der Waals surface area contributed by atoms with Gasteiger partial charge >= 0.3 is 0 Å². The molecule has 1 atom stereocenters.